The number of aliphatic imine (C=N–C) groups is 2. The first kappa shape index (κ1) is 31.6. The summed E-state index contributed by atoms with van der Waals surface area (Å²) in [5.41, 5.74) is 13.5. The van der Waals surface area contributed by atoms with Crippen LogP contribution in [-0.2, 0) is 22.5 Å². The Morgan fingerprint density at radius 3 is 2.67 bits per heavy atom. The second-order valence-electron chi connectivity index (χ2n) is 15.8. The Labute approximate surface area is 285 Å². The van der Waals surface area contributed by atoms with Crippen LogP contribution in [0.4, 0.5) is 4.79 Å². The van der Waals surface area contributed by atoms with Crippen molar-refractivity contribution in [2.75, 3.05) is 20.3 Å². The molecule has 48 heavy (non-hydrogen) atoms. The molecule has 4 atom stereocenters. The van der Waals surface area contributed by atoms with Gasteiger partial charge in [0.1, 0.15) is 18.0 Å². The molecule has 1 amide bonds. The average Bonchev–Trinajstić information content (AvgIpc) is 3.88. The van der Waals surface area contributed by atoms with Gasteiger partial charge in [0.05, 0.1) is 6.04 Å². The second kappa shape index (κ2) is 12.3. The fourth-order valence-corrected chi connectivity index (χ4v) is 8.93. The van der Waals surface area contributed by atoms with Crippen LogP contribution in [0.25, 0.3) is 22.3 Å². The maximum absolute atomic E-state index is 13.2. The fourth-order valence-electron chi connectivity index (χ4n) is 8.93. The number of aryl methyl sites for hydroxylation is 1. The minimum Gasteiger partial charge on any atom is -0.488 e. The fraction of sp³-hybridized carbons (Fsp3) is 0.537. The Kier molecular flexibility index (Phi) is 8.09. The number of benzene rings is 2. The molecule has 0 unspecified atom stereocenters. The second-order valence-corrected chi connectivity index (χ2v) is 15.8. The zero-order chi connectivity index (χ0) is 33.2. The average molecular weight is 648 g/mol. The summed E-state index contributed by atoms with van der Waals surface area (Å²) in [7, 11) is 1.82. The molecular formula is C41H49N3O4. The van der Waals surface area contributed by atoms with Crippen LogP contribution in [-0.4, -0.2) is 54.3 Å². The number of likely N-dealkylation sites (tertiary alicyclic amines) is 1. The maximum atomic E-state index is 13.2. The van der Waals surface area contributed by atoms with E-state index >= 15 is 0 Å². The summed E-state index contributed by atoms with van der Waals surface area (Å²) >= 11 is 0. The molecular weight excluding hydrogens is 598 g/mol. The summed E-state index contributed by atoms with van der Waals surface area (Å²) in [5, 5.41) is 0. The van der Waals surface area contributed by atoms with E-state index in [4.69, 9.17) is 24.2 Å². The van der Waals surface area contributed by atoms with Crippen LogP contribution in [0.15, 0.2) is 52.2 Å². The van der Waals surface area contributed by atoms with Crippen LogP contribution >= 0.6 is 0 Å². The number of rotatable bonds is 6. The summed E-state index contributed by atoms with van der Waals surface area (Å²) in [6.07, 6.45) is 11.2. The molecule has 8 rings (SSSR count). The highest BCUT2D eigenvalue weighted by Crippen LogP contribution is 2.48. The van der Waals surface area contributed by atoms with Gasteiger partial charge in [-0.1, -0.05) is 25.5 Å². The molecule has 0 bridgehead atoms. The highest BCUT2D eigenvalue weighted by atomic mass is 16.6. The molecule has 7 nitrogen and oxygen atoms in total. The molecule has 0 radical (unpaired) electrons. The highest BCUT2D eigenvalue weighted by molar-refractivity contribution is 6.04. The highest BCUT2D eigenvalue weighted by Gasteiger charge is 2.40. The van der Waals surface area contributed by atoms with Crippen molar-refractivity contribution in [1.29, 1.82) is 0 Å². The molecule has 2 aromatic rings. The summed E-state index contributed by atoms with van der Waals surface area (Å²) in [4.78, 5) is 25.2. The van der Waals surface area contributed by atoms with E-state index in [1.54, 1.807) is 0 Å². The molecule has 6 aliphatic rings. The Morgan fingerprint density at radius 1 is 0.979 bits per heavy atom. The van der Waals surface area contributed by atoms with Crippen molar-refractivity contribution in [2.24, 2.45) is 27.7 Å². The third kappa shape index (κ3) is 5.82. The van der Waals surface area contributed by atoms with Gasteiger partial charge >= 0.3 is 6.09 Å². The molecule has 7 heteroatoms. The van der Waals surface area contributed by atoms with Gasteiger partial charge in [-0.05, 0) is 134 Å². The van der Waals surface area contributed by atoms with Gasteiger partial charge in [-0.15, -0.1) is 0 Å². The van der Waals surface area contributed by atoms with E-state index in [9.17, 15) is 4.79 Å². The summed E-state index contributed by atoms with van der Waals surface area (Å²) in [5.74, 6) is 2.72. The predicted octanol–water partition coefficient (Wildman–Crippen LogP) is 9.03. The van der Waals surface area contributed by atoms with Crippen molar-refractivity contribution >= 4 is 28.7 Å². The summed E-state index contributed by atoms with van der Waals surface area (Å²) < 4.78 is 17.7. The van der Waals surface area contributed by atoms with Crippen LogP contribution in [0.5, 0.6) is 5.75 Å². The van der Waals surface area contributed by atoms with Crippen molar-refractivity contribution in [3.05, 3.63) is 64.5 Å². The van der Waals surface area contributed by atoms with Crippen LogP contribution in [0.1, 0.15) is 101 Å². The molecule has 1 saturated heterocycles. The van der Waals surface area contributed by atoms with Crippen LogP contribution in [0.2, 0.25) is 0 Å². The Balaban J connectivity index is 0.973. The van der Waals surface area contributed by atoms with Gasteiger partial charge < -0.3 is 14.2 Å². The first-order valence-corrected chi connectivity index (χ1v) is 18.1. The molecule has 2 aromatic carbocycles. The third-order valence-corrected chi connectivity index (χ3v) is 11.4. The van der Waals surface area contributed by atoms with Crippen LogP contribution < -0.4 is 4.74 Å². The zero-order valence-corrected chi connectivity index (χ0v) is 29.2. The monoisotopic (exact) mass is 647 g/mol. The standard InChI is InChI=1S/C41H49N3O4/c1-6-24-14-38(44(21-24)40(45)48-41(2,3)4)37-17-29(20-42-37)26-9-11-31-30(15-26)23-47-39-19-32-27(16-34(31)39)10-12-35-33(32)18-36(43-35)28-8-7-25(13-28)22-46-5/h9,11,15-16,19-20,24-25,28,38H,6-8,10,12-14,17-18,21-23H2,1-5H3/t24-,25+,28-,38-/m0/s1. The largest absolute Gasteiger partial charge is 0.488 e. The van der Waals surface area contributed by atoms with Crippen molar-refractivity contribution < 1.29 is 19.0 Å². The lowest BCUT2D eigenvalue weighted by Gasteiger charge is -2.29. The number of hydrogen-bond acceptors (Lipinski definition) is 6. The normalized spacial score (nSPS) is 25.9. The molecule has 4 heterocycles. The molecule has 252 valence electrons. The Bertz CT molecular complexity index is 1780. The van der Waals surface area contributed by atoms with E-state index in [1.807, 2.05) is 39.0 Å². The molecule has 1 saturated carbocycles. The minimum absolute atomic E-state index is 0.0136. The molecule has 0 aromatic heterocycles. The first-order valence-electron chi connectivity index (χ1n) is 18.1. The number of fused-ring (bicyclic) bond motifs is 5. The van der Waals surface area contributed by atoms with Gasteiger partial charge in [0.25, 0.3) is 0 Å². The first-order chi connectivity index (χ1) is 23.2. The van der Waals surface area contributed by atoms with Crippen LogP contribution in [0.3, 0.4) is 0 Å². The van der Waals surface area contributed by atoms with Crippen molar-refractivity contribution in [3.63, 3.8) is 0 Å². The van der Waals surface area contributed by atoms with E-state index in [1.165, 1.54) is 75.2 Å². The summed E-state index contributed by atoms with van der Waals surface area (Å²) in [6.45, 7) is 10.1. The van der Waals surface area contributed by atoms with E-state index in [0.717, 1.165) is 63.1 Å². The van der Waals surface area contributed by atoms with Crippen LogP contribution in [0, 0.1) is 17.8 Å². The lowest BCUT2D eigenvalue weighted by molar-refractivity contribution is 0.0259. The van der Waals surface area contributed by atoms with Crippen molar-refractivity contribution in [2.45, 2.75) is 104 Å². The predicted molar refractivity (Wildman–Crippen MR) is 191 cm³/mol. The summed E-state index contributed by atoms with van der Waals surface area (Å²) in [6, 6.07) is 11.5. The number of amides is 1. The third-order valence-electron chi connectivity index (χ3n) is 11.4. The Hall–Kier alpha value is -3.71. The van der Waals surface area contributed by atoms with Gasteiger partial charge in [-0.25, -0.2) is 4.79 Å². The van der Waals surface area contributed by atoms with Gasteiger partial charge in [0.2, 0.25) is 0 Å². The number of carbonyl (C=O) groups excluding carboxylic acids is 1. The SMILES string of the molecule is CC[C@H]1C[C@@H](C2=NC=C(c3ccc4c(c3)COc3cc5c(cc3-4)CCC3=C5CC([C@H]4CC[C@@H](COC)C4)=N3)C2)N(C(=O)OC(C)(C)C)C1. The van der Waals surface area contributed by atoms with E-state index in [0.29, 0.717) is 24.4 Å². The number of nitrogens with zero attached hydrogens (tertiary/aromatic N) is 3. The van der Waals surface area contributed by atoms with Gasteiger partial charge in [0.15, 0.2) is 0 Å². The number of allylic oxidation sites excluding steroid dienone is 3. The zero-order valence-electron chi connectivity index (χ0n) is 29.2. The number of carbonyl (C=O) groups is 1. The molecule has 0 spiro atoms. The molecule has 4 aliphatic heterocycles. The minimum atomic E-state index is -0.519. The number of methoxy groups -OCH3 is 1. The smallest absolute Gasteiger partial charge is 0.410 e. The lowest BCUT2D eigenvalue weighted by atomic mass is 9.83. The topological polar surface area (TPSA) is 72.7 Å². The number of hydrogen-bond donors (Lipinski definition) is 0. The van der Waals surface area contributed by atoms with Gasteiger partial charge in [-0.3, -0.25) is 14.9 Å². The van der Waals surface area contributed by atoms with Crippen molar-refractivity contribution in [3.8, 4) is 16.9 Å². The molecule has 2 aliphatic carbocycles. The Morgan fingerprint density at radius 2 is 1.85 bits per heavy atom. The molecule has 0 N–H and O–H groups in total. The maximum Gasteiger partial charge on any atom is 0.410 e. The van der Waals surface area contributed by atoms with E-state index < -0.39 is 5.60 Å². The quantitative estimate of drug-likeness (QED) is 0.314. The van der Waals surface area contributed by atoms with E-state index in [2.05, 4.69) is 37.3 Å². The van der Waals surface area contributed by atoms with E-state index in [-0.39, 0.29) is 12.1 Å². The lowest BCUT2D eigenvalue weighted by Crippen LogP contribution is -2.43. The van der Waals surface area contributed by atoms with Crippen molar-refractivity contribution in [1.82, 2.24) is 4.90 Å². The molecule has 2 fully saturated rings. The van der Waals surface area contributed by atoms with Gasteiger partial charge in [-0.2, -0.15) is 0 Å². The van der Waals surface area contributed by atoms with Gasteiger partial charge in [0, 0.05) is 62.0 Å². The number of ether oxygens (including phenoxy) is 3.